The van der Waals surface area contributed by atoms with Gasteiger partial charge in [-0.3, -0.25) is 5.43 Å². The van der Waals surface area contributed by atoms with Crippen molar-refractivity contribution in [2.24, 2.45) is 0 Å². The first-order valence-corrected chi connectivity index (χ1v) is 9.27. The van der Waals surface area contributed by atoms with Gasteiger partial charge < -0.3 is 14.6 Å². The van der Waals surface area contributed by atoms with E-state index < -0.39 is 0 Å². The zero-order valence-corrected chi connectivity index (χ0v) is 16.4. The number of para-hydroxylation sites is 1. The average molecular weight is 419 g/mol. The first-order valence-electron chi connectivity index (χ1n) is 8.48. The lowest BCUT2D eigenvalue weighted by Gasteiger charge is -2.24. The minimum absolute atomic E-state index is 0.0610. The quantitative estimate of drug-likeness (QED) is 0.616. The van der Waals surface area contributed by atoms with Gasteiger partial charge in [0.05, 0.1) is 16.6 Å². The number of phenols is 1. The van der Waals surface area contributed by atoms with Gasteiger partial charge in [-0.25, -0.2) is 5.43 Å². The zero-order chi connectivity index (χ0) is 18.7. The Bertz CT molecular complexity index is 796. The molecule has 1 fully saturated rings. The SMILES string of the molecule is C=C(C)COc1ccc(C2NNC(C)C2Oc2ccccc2Br)c(O)c1. The van der Waals surface area contributed by atoms with Crippen molar-refractivity contribution >= 4 is 15.9 Å². The van der Waals surface area contributed by atoms with Crippen LogP contribution in [0.3, 0.4) is 0 Å². The monoisotopic (exact) mass is 418 g/mol. The summed E-state index contributed by atoms with van der Waals surface area (Å²) in [6, 6.07) is 12.9. The highest BCUT2D eigenvalue weighted by atomic mass is 79.9. The first kappa shape index (κ1) is 18.8. The van der Waals surface area contributed by atoms with Gasteiger partial charge in [0.1, 0.15) is 30.0 Å². The minimum atomic E-state index is -0.202. The summed E-state index contributed by atoms with van der Waals surface area (Å²) in [6.07, 6.45) is -0.193. The lowest BCUT2D eigenvalue weighted by Crippen LogP contribution is -2.33. The second-order valence-corrected chi connectivity index (χ2v) is 7.39. The van der Waals surface area contributed by atoms with Crippen LogP contribution in [-0.4, -0.2) is 23.9 Å². The Morgan fingerprint density at radius 2 is 2.00 bits per heavy atom. The zero-order valence-electron chi connectivity index (χ0n) is 14.8. The first-order chi connectivity index (χ1) is 12.5. The molecule has 2 aromatic carbocycles. The van der Waals surface area contributed by atoms with E-state index in [1.807, 2.05) is 50.2 Å². The molecule has 138 valence electrons. The van der Waals surface area contributed by atoms with Gasteiger partial charge in [0.2, 0.25) is 0 Å². The van der Waals surface area contributed by atoms with Gasteiger partial charge in [0, 0.05) is 11.6 Å². The highest BCUT2D eigenvalue weighted by Crippen LogP contribution is 2.36. The Morgan fingerprint density at radius 3 is 2.69 bits per heavy atom. The summed E-state index contributed by atoms with van der Waals surface area (Å²) >= 11 is 3.51. The number of rotatable bonds is 6. The highest BCUT2D eigenvalue weighted by molar-refractivity contribution is 9.10. The molecule has 0 bridgehead atoms. The molecule has 0 spiro atoms. The molecule has 3 rings (SSSR count). The Morgan fingerprint density at radius 1 is 1.23 bits per heavy atom. The maximum absolute atomic E-state index is 10.5. The van der Waals surface area contributed by atoms with Crippen molar-refractivity contribution < 1.29 is 14.6 Å². The van der Waals surface area contributed by atoms with Crippen molar-refractivity contribution in [3.05, 3.63) is 64.7 Å². The molecule has 6 heteroatoms. The van der Waals surface area contributed by atoms with Crippen molar-refractivity contribution in [1.29, 1.82) is 0 Å². The summed E-state index contributed by atoms with van der Waals surface area (Å²) in [4.78, 5) is 0. The number of hydrogen-bond acceptors (Lipinski definition) is 5. The highest BCUT2D eigenvalue weighted by Gasteiger charge is 2.37. The van der Waals surface area contributed by atoms with Crippen LogP contribution in [0.25, 0.3) is 0 Å². The summed E-state index contributed by atoms with van der Waals surface area (Å²) in [5.41, 5.74) is 8.09. The molecule has 5 nitrogen and oxygen atoms in total. The average Bonchev–Trinajstić information content (AvgIpc) is 2.96. The molecule has 1 aliphatic heterocycles. The predicted molar refractivity (Wildman–Crippen MR) is 105 cm³/mol. The van der Waals surface area contributed by atoms with Crippen molar-refractivity contribution in [1.82, 2.24) is 10.9 Å². The maximum atomic E-state index is 10.5. The summed E-state index contributed by atoms with van der Waals surface area (Å²) < 4.78 is 12.7. The van der Waals surface area contributed by atoms with E-state index in [0.717, 1.165) is 21.4 Å². The Labute approximate surface area is 162 Å². The number of nitrogens with one attached hydrogen (secondary N) is 2. The van der Waals surface area contributed by atoms with E-state index in [9.17, 15) is 5.11 Å². The number of hydrogen-bond donors (Lipinski definition) is 3. The van der Waals surface area contributed by atoms with Crippen molar-refractivity contribution in [3.8, 4) is 17.2 Å². The van der Waals surface area contributed by atoms with Crippen LogP contribution in [0.2, 0.25) is 0 Å². The van der Waals surface area contributed by atoms with Crippen LogP contribution in [-0.2, 0) is 0 Å². The normalized spacial score (nSPS) is 22.2. The Balaban J connectivity index is 1.80. The molecular weight excluding hydrogens is 396 g/mol. The van der Waals surface area contributed by atoms with Crippen LogP contribution in [0.1, 0.15) is 25.5 Å². The summed E-state index contributed by atoms with van der Waals surface area (Å²) in [5.74, 6) is 1.54. The molecule has 0 aromatic heterocycles. The fraction of sp³-hybridized carbons (Fsp3) is 0.300. The second-order valence-electron chi connectivity index (χ2n) is 6.53. The van der Waals surface area contributed by atoms with Gasteiger partial charge in [-0.1, -0.05) is 18.7 Å². The summed E-state index contributed by atoms with van der Waals surface area (Å²) in [7, 11) is 0. The molecule has 0 aliphatic carbocycles. The number of halogens is 1. The smallest absolute Gasteiger partial charge is 0.136 e. The molecular formula is C20H23BrN2O3. The standard InChI is InChI=1S/C20H23BrN2O3/c1-12(2)11-25-14-8-9-15(17(24)10-14)19-20(13(3)22-23-19)26-18-7-5-4-6-16(18)21/h4-10,13,19-20,22-24H,1,11H2,2-3H3. The van der Waals surface area contributed by atoms with E-state index in [-0.39, 0.29) is 23.9 Å². The molecule has 0 amide bonds. The molecule has 0 saturated carbocycles. The molecule has 1 heterocycles. The van der Waals surface area contributed by atoms with Crippen LogP contribution >= 0.6 is 15.9 Å². The van der Waals surface area contributed by atoms with Gasteiger partial charge in [-0.05, 0) is 59.6 Å². The van der Waals surface area contributed by atoms with E-state index in [1.165, 1.54) is 0 Å². The van der Waals surface area contributed by atoms with Gasteiger partial charge in [0.15, 0.2) is 0 Å². The number of phenolic OH excluding ortho intramolecular Hbond substituents is 1. The van der Waals surface area contributed by atoms with Crippen LogP contribution < -0.4 is 20.3 Å². The number of aromatic hydroxyl groups is 1. The topological polar surface area (TPSA) is 62.8 Å². The summed E-state index contributed by atoms with van der Waals surface area (Å²) in [6.45, 7) is 8.17. The molecule has 3 atom stereocenters. The van der Waals surface area contributed by atoms with Crippen molar-refractivity contribution in [3.63, 3.8) is 0 Å². The Kier molecular flexibility index (Phi) is 5.86. The van der Waals surface area contributed by atoms with Gasteiger partial charge in [-0.2, -0.15) is 0 Å². The van der Waals surface area contributed by atoms with Gasteiger partial charge >= 0.3 is 0 Å². The largest absolute Gasteiger partial charge is 0.507 e. The van der Waals surface area contributed by atoms with Crippen molar-refractivity contribution in [2.45, 2.75) is 32.0 Å². The molecule has 3 N–H and O–H groups in total. The van der Waals surface area contributed by atoms with Crippen molar-refractivity contribution in [2.75, 3.05) is 6.61 Å². The summed E-state index contributed by atoms with van der Waals surface area (Å²) in [5, 5.41) is 10.5. The van der Waals surface area contributed by atoms with Gasteiger partial charge in [0.25, 0.3) is 0 Å². The molecule has 3 unspecified atom stereocenters. The lowest BCUT2D eigenvalue weighted by atomic mass is 9.98. The minimum Gasteiger partial charge on any atom is -0.507 e. The Hall–Kier alpha value is -2.02. The predicted octanol–water partition coefficient (Wildman–Crippen LogP) is 4.09. The molecule has 0 radical (unpaired) electrons. The van der Waals surface area contributed by atoms with E-state index in [0.29, 0.717) is 12.4 Å². The van der Waals surface area contributed by atoms with E-state index in [4.69, 9.17) is 9.47 Å². The second kappa shape index (κ2) is 8.12. The fourth-order valence-corrected chi connectivity index (χ4v) is 3.25. The molecule has 2 aromatic rings. The third-order valence-electron chi connectivity index (χ3n) is 4.21. The fourth-order valence-electron chi connectivity index (χ4n) is 2.87. The van der Waals surface area contributed by atoms with Gasteiger partial charge in [-0.15, -0.1) is 0 Å². The van der Waals surface area contributed by atoms with Crippen LogP contribution in [0.5, 0.6) is 17.2 Å². The van der Waals surface area contributed by atoms with E-state index in [1.54, 1.807) is 6.07 Å². The number of hydrazine groups is 1. The third-order valence-corrected chi connectivity index (χ3v) is 4.86. The van der Waals surface area contributed by atoms with Crippen LogP contribution in [0.15, 0.2) is 59.1 Å². The molecule has 1 saturated heterocycles. The van der Waals surface area contributed by atoms with Crippen LogP contribution in [0, 0.1) is 0 Å². The van der Waals surface area contributed by atoms with E-state index >= 15 is 0 Å². The number of benzene rings is 2. The van der Waals surface area contributed by atoms with E-state index in [2.05, 4.69) is 33.4 Å². The van der Waals surface area contributed by atoms with Crippen LogP contribution in [0.4, 0.5) is 0 Å². The third kappa shape index (κ3) is 4.20. The molecule has 26 heavy (non-hydrogen) atoms. The molecule has 1 aliphatic rings. The lowest BCUT2D eigenvalue weighted by molar-refractivity contribution is 0.169. The number of ether oxygens (including phenoxy) is 2. The maximum Gasteiger partial charge on any atom is 0.136 e.